The lowest BCUT2D eigenvalue weighted by Crippen LogP contribution is -2.66. The maximum absolute atomic E-state index is 12.2. The monoisotopic (exact) mass is 394 g/mol. The van der Waals surface area contributed by atoms with E-state index in [-0.39, 0.29) is 35.3 Å². The van der Waals surface area contributed by atoms with Gasteiger partial charge in [0, 0.05) is 12.6 Å². The first kappa shape index (κ1) is 21.0. The quantitative estimate of drug-likeness (QED) is 0.325. The zero-order valence-electron chi connectivity index (χ0n) is 15.2. The predicted octanol–water partition coefficient (Wildman–Crippen LogP) is 0.787. The number of nitrogens with one attached hydrogen (secondary N) is 5. The molecule has 0 aromatic carbocycles. The molecule has 9 heteroatoms. The zero-order valence-corrected chi connectivity index (χ0v) is 16.7. The predicted molar refractivity (Wildman–Crippen MR) is 103 cm³/mol. The van der Waals surface area contributed by atoms with Crippen LogP contribution in [-0.4, -0.2) is 73.9 Å². The number of hydrogen-bond acceptors (Lipinski definition) is 5. The van der Waals surface area contributed by atoms with Crippen LogP contribution in [0.2, 0.25) is 0 Å². The first-order valence-corrected chi connectivity index (χ1v) is 10.0. The molecule has 5 N–H and O–H groups in total. The number of carbonyl (C=O) groups excluding carboxylic acids is 1. The lowest BCUT2D eigenvalue weighted by atomic mass is 9.95. The Kier molecular flexibility index (Phi) is 9.02. The highest BCUT2D eigenvalue weighted by Gasteiger charge is 2.29. The minimum absolute atomic E-state index is 0.00350. The Morgan fingerprint density at radius 3 is 2.68 bits per heavy atom. The Balaban J connectivity index is 1.64. The van der Waals surface area contributed by atoms with Crippen LogP contribution in [0.25, 0.3) is 0 Å². The highest BCUT2D eigenvalue weighted by atomic mass is 35.5. The second-order valence-corrected chi connectivity index (χ2v) is 8.29. The van der Waals surface area contributed by atoms with Gasteiger partial charge in [0.25, 0.3) is 0 Å². The van der Waals surface area contributed by atoms with Gasteiger partial charge in [0.2, 0.25) is 0 Å². The molecule has 0 spiro atoms. The maximum atomic E-state index is 12.2. The molecule has 0 aromatic heterocycles. The fourth-order valence-corrected chi connectivity index (χ4v) is 3.78. The van der Waals surface area contributed by atoms with E-state index in [2.05, 4.69) is 45.6 Å². The smallest absolute Gasteiger partial charge is 0.317 e. The Morgan fingerprint density at radius 2 is 1.96 bits per heavy atom. The molecule has 2 amide bonds. The molecule has 1 saturated carbocycles. The molecule has 0 radical (unpaired) electrons. The van der Waals surface area contributed by atoms with E-state index in [1.165, 1.54) is 0 Å². The second kappa shape index (κ2) is 10.7. The van der Waals surface area contributed by atoms with E-state index in [0.717, 1.165) is 45.3 Å². The van der Waals surface area contributed by atoms with Crippen molar-refractivity contribution < 1.29 is 4.79 Å². The third kappa shape index (κ3) is 7.85. The van der Waals surface area contributed by atoms with Crippen molar-refractivity contribution in [3.63, 3.8) is 0 Å². The van der Waals surface area contributed by atoms with Crippen molar-refractivity contribution in [2.45, 2.75) is 61.4 Å². The first-order chi connectivity index (χ1) is 11.9. The van der Waals surface area contributed by atoms with E-state index in [4.69, 9.17) is 23.2 Å². The Hall–Kier alpha value is -0.310. The number of hydrogen-bond donors (Lipinski definition) is 5. The number of halogens is 2. The van der Waals surface area contributed by atoms with E-state index in [1.807, 2.05) is 0 Å². The van der Waals surface area contributed by atoms with Crippen molar-refractivity contribution in [1.29, 1.82) is 0 Å². The highest BCUT2D eigenvalue weighted by molar-refractivity contribution is 6.30. The minimum Gasteiger partial charge on any atom is -0.335 e. The van der Waals surface area contributed by atoms with Gasteiger partial charge in [-0.05, 0) is 59.3 Å². The van der Waals surface area contributed by atoms with Crippen LogP contribution in [0.15, 0.2) is 0 Å². The molecule has 2 rings (SSSR count). The van der Waals surface area contributed by atoms with Crippen molar-refractivity contribution in [1.82, 2.24) is 31.5 Å². The molecule has 7 nitrogen and oxygen atoms in total. The van der Waals surface area contributed by atoms with Crippen molar-refractivity contribution in [3.05, 3.63) is 0 Å². The van der Waals surface area contributed by atoms with Crippen molar-refractivity contribution in [2.75, 3.05) is 33.7 Å². The van der Waals surface area contributed by atoms with E-state index < -0.39 is 0 Å². The summed E-state index contributed by atoms with van der Waals surface area (Å²) in [5.41, 5.74) is 0. The number of alkyl halides is 2. The summed E-state index contributed by atoms with van der Waals surface area (Å²) in [7, 11) is 4.15. The number of amides is 2. The fourth-order valence-electron chi connectivity index (χ4n) is 3.21. The lowest BCUT2D eigenvalue weighted by molar-refractivity contribution is 0.202. The summed E-state index contributed by atoms with van der Waals surface area (Å²) in [6.45, 7) is 2.87. The molecule has 0 bridgehead atoms. The van der Waals surface area contributed by atoms with Crippen molar-refractivity contribution in [3.8, 4) is 0 Å². The van der Waals surface area contributed by atoms with Gasteiger partial charge in [-0.3, -0.25) is 10.6 Å². The minimum atomic E-state index is -0.240. The normalized spacial score (nSPS) is 33.2. The lowest BCUT2D eigenvalue weighted by Gasteiger charge is -2.34. The first-order valence-electron chi connectivity index (χ1n) is 9.16. The molecule has 1 aliphatic heterocycles. The van der Waals surface area contributed by atoms with E-state index in [9.17, 15) is 4.79 Å². The summed E-state index contributed by atoms with van der Waals surface area (Å²) in [5.74, 6) is 0. The van der Waals surface area contributed by atoms with Gasteiger partial charge >= 0.3 is 6.03 Å². The number of rotatable bonds is 7. The van der Waals surface area contributed by atoms with Crippen LogP contribution in [0.5, 0.6) is 0 Å². The second-order valence-electron chi connectivity index (χ2n) is 7.17. The van der Waals surface area contributed by atoms with Crippen LogP contribution < -0.4 is 26.6 Å². The molecule has 146 valence electrons. The highest BCUT2D eigenvalue weighted by Crippen LogP contribution is 2.27. The van der Waals surface area contributed by atoms with E-state index in [1.54, 1.807) is 0 Å². The molecule has 5 unspecified atom stereocenters. The van der Waals surface area contributed by atoms with Gasteiger partial charge in [0.05, 0.1) is 16.9 Å². The molecule has 2 fully saturated rings. The Morgan fingerprint density at radius 1 is 1.16 bits per heavy atom. The van der Waals surface area contributed by atoms with Crippen LogP contribution in [0.3, 0.4) is 0 Å². The summed E-state index contributed by atoms with van der Waals surface area (Å²) in [4.78, 5) is 14.4. The molecule has 1 aliphatic carbocycles. The van der Waals surface area contributed by atoms with E-state index in [0.29, 0.717) is 6.42 Å². The summed E-state index contributed by atoms with van der Waals surface area (Å²) in [5, 5.41) is 16.0. The van der Waals surface area contributed by atoms with Gasteiger partial charge in [0.15, 0.2) is 0 Å². The number of carbonyl (C=O) groups is 1. The topological polar surface area (TPSA) is 80.5 Å². The average molecular weight is 395 g/mol. The Labute approximate surface area is 160 Å². The molecule has 1 saturated heterocycles. The standard InChI is InChI=1S/C16H32Cl2N6O/c1-24(2)9-3-7-19-14-6-8-20-15(22-14)23-16(25)21-11-4-5-12(17)13(18)10-11/h11-15,19-20,22H,3-10H2,1-2H3,(H2,21,23,25). The molecule has 0 aromatic rings. The molecule has 2 aliphatic rings. The van der Waals surface area contributed by atoms with E-state index >= 15 is 0 Å². The number of urea groups is 1. The van der Waals surface area contributed by atoms with Crippen LogP contribution in [0.1, 0.15) is 32.1 Å². The summed E-state index contributed by atoms with van der Waals surface area (Å²) in [6.07, 6.45) is 4.45. The fraction of sp³-hybridized carbons (Fsp3) is 0.938. The maximum Gasteiger partial charge on any atom is 0.317 e. The van der Waals surface area contributed by atoms with Gasteiger partial charge in [-0.1, -0.05) is 0 Å². The number of nitrogens with zero attached hydrogens (tertiary/aromatic N) is 1. The van der Waals surface area contributed by atoms with Crippen molar-refractivity contribution >= 4 is 29.2 Å². The van der Waals surface area contributed by atoms with Crippen LogP contribution in [0.4, 0.5) is 4.79 Å². The molecular weight excluding hydrogens is 363 g/mol. The van der Waals surface area contributed by atoms with Gasteiger partial charge in [-0.15, -0.1) is 23.2 Å². The third-order valence-corrected chi connectivity index (χ3v) is 5.76. The van der Waals surface area contributed by atoms with Crippen LogP contribution >= 0.6 is 23.2 Å². The van der Waals surface area contributed by atoms with Gasteiger partial charge in [-0.25, -0.2) is 4.79 Å². The Bertz CT molecular complexity index is 414. The largest absolute Gasteiger partial charge is 0.335 e. The summed E-state index contributed by atoms with van der Waals surface area (Å²) >= 11 is 12.3. The van der Waals surface area contributed by atoms with Crippen LogP contribution in [0, 0.1) is 0 Å². The van der Waals surface area contributed by atoms with Crippen LogP contribution in [-0.2, 0) is 0 Å². The molecular formula is C16H32Cl2N6O. The molecule has 5 atom stereocenters. The van der Waals surface area contributed by atoms with Gasteiger partial charge < -0.3 is 20.9 Å². The zero-order chi connectivity index (χ0) is 18.2. The SMILES string of the molecule is CN(C)CCCNC1CCNC(NC(=O)NC2CCC(Cl)C(Cl)C2)N1. The third-order valence-electron chi connectivity index (χ3n) is 4.63. The van der Waals surface area contributed by atoms with Crippen molar-refractivity contribution in [2.24, 2.45) is 0 Å². The molecule has 25 heavy (non-hydrogen) atoms. The average Bonchev–Trinajstić information content (AvgIpc) is 2.55. The van der Waals surface area contributed by atoms with Gasteiger partial charge in [-0.2, -0.15) is 0 Å². The molecule has 1 heterocycles. The van der Waals surface area contributed by atoms with Gasteiger partial charge in [0.1, 0.15) is 6.29 Å². The summed E-state index contributed by atoms with van der Waals surface area (Å²) in [6, 6.07) is -0.0961. The summed E-state index contributed by atoms with van der Waals surface area (Å²) < 4.78 is 0.